The molecular formula is C28H33N3O3S. The van der Waals surface area contributed by atoms with E-state index in [-0.39, 0.29) is 23.0 Å². The predicted octanol–water partition coefficient (Wildman–Crippen LogP) is 4.97. The second-order valence-corrected chi connectivity index (χ2v) is 11.1. The Bertz CT molecular complexity index is 1270. The van der Waals surface area contributed by atoms with Crippen LogP contribution in [0.25, 0.3) is 10.9 Å². The van der Waals surface area contributed by atoms with Gasteiger partial charge in [-0.05, 0) is 49.4 Å². The fourth-order valence-electron chi connectivity index (χ4n) is 4.15. The Morgan fingerprint density at radius 2 is 1.71 bits per heavy atom. The smallest absolute Gasteiger partial charge is 0.262 e. The van der Waals surface area contributed by atoms with Gasteiger partial charge in [0.15, 0.2) is 5.16 Å². The highest BCUT2D eigenvalue weighted by Gasteiger charge is 2.23. The molecule has 1 amide bonds. The van der Waals surface area contributed by atoms with Gasteiger partial charge in [0.1, 0.15) is 5.78 Å². The number of hydrogen-bond donors (Lipinski definition) is 0. The van der Waals surface area contributed by atoms with E-state index in [1.807, 2.05) is 56.0 Å². The monoisotopic (exact) mass is 491 g/mol. The zero-order chi connectivity index (χ0) is 25.0. The number of carbonyl (C=O) groups excluding carboxylic acids is 2. The number of likely N-dealkylation sites (tertiary alicyclic amines) is 1. The molecule has 35 heavy (non-hydrogen) atoms. The van der Waals surface area contributed by atoms with Gasteiger partial charge < -0.3 is 4.90 Å². The van der Waals surface area contributed by atoms with Crippen LogP contribution in [0.3, 0.4) is 0 Å². The molecule has 0 N–H and O–H groups in total. The van der Waals surface area contributed by atoms with Crippen LogP contribution in [0.1, 0.15) is 56.0 Å². The van der Waals surface area contributed by atoms with E-state index in [0.717, 1.165) is 37.9 Å². The van der Waals surface area contributed by atoms with Crippen molar-refractivity contribution in [3.8, 4) is 0 Å². The van der Waals surface area contributed by atoms with E-state index in [1.54, 1.807) is 22.8 Å². The van der Waals surface area contributed by atoms with Crippen LogP contribution >= 0.6 is 11.8 Å². The number of hydrogen-bond acceptors (Lipinski definition) is 5. The number of benzene rings is 2. The fraction of sp³-hybridized carbons (Fsp3) is 0.429. The molecule has 0 atom stereocenters. The molecule has 0 aliphatic carbocycles. The van der Waals surface area contributed by atoms with Gasteiger partial charge in [-0.15, -0.1) is 0 Å². The summed E-state index contributed by atoms with van der Waals surface area (Å²) in [6.07, 6.45) is 3.87. The maximum absolute atomic E-state index is 13.5. The highest BCUT2D eigenvalue weighted by molar-refractivity contribution is 7.99. The van der Waals surface area contributed by atoms with E-state index >= 15 is 0 Å². The van der Waals surface area contributed by atoms with Gasteiger partial charge in [0.05, 0.1) is 16.7 Å². The first-order chi connectivity index (χ1) is 16.7. The average molecular weight is 492 g/mol. The Kier molecular flexibility index (Phi) is 7.75. The lowest BCUT2D eigenvalue weighted by Crippen LogP contribution is -2.35. The van der Waals surface area contributed by atoms with Gasteiger partial charge in [-0.2, -0.15) is 0 Å². The Labute approximate surface area is 210 Å². The van der Waals surface area contributed by atoms with E-state index in [0.29, 0.717) is 34.6 Å². The minimum atomic E-state index is -0.465. The zero-order valence-corrected chi connectivity index (χ0v) is 21.6. The number of carbonyl (C=O) groups is 2. The van der Waals surface area contributed by atoms with Crippen molar-refractivity contribution in [2.45, 2.75) is 58.2 Å². The molecule has 6 nitrogen and oxygen atoms in total. The number of aryl methyl sites for hydroxylation is 1. The SMILES string of the molecule is CC(C)(C)C(=O)CSc1nc2cc(C(=O)N3CCCCC3)ccc2c(=O)n1CCc1ccccc1. The third-order valence-electron chi connectivity index (χ3n) is 6.45. The van der Waals surface area contributed by atoms with E-state index in [2.05, 4.69) is 0 Å². The van der Waals surface area contributed by atoms with Gasteiger partial charge in [0, 0.05) is 30.6 Å². The number of ketones is 1. The van der Waals surface area contributed by atoms with Gasteiger partial charge in [0.2, 0.25) is 0 Å². The maximum Gasteiger partial charge on any atom is 0.262 e. The van der Waals surface area contributed by atoms with Crippen molar-refractivity contribution >= 4 is 34.4 Å². The molecule has 7 heteroatoms. The van der Waals surface area contributed by atoms with Gasteiger partial charge in [0.25, 0.3) is 11.5 Å². The summed E-state index contributed by atoms with van der Waals surface area (Å²) >= 11 is 1.30. The van der Waals surface area contributed by atoms with Crippen LogP contribution in [0.2, 0.25) is 0 Å². The van der Waals surface area contributed by atoms with Gasteiger partial charge in [-0.3, -0.25) is 19.0 Å². The van der Waals surface area contributed by atoms with E-state index in [9.17, 15) is 14.4 Å². The van der Waals surface area contributed by atoms with Crippen molar-refractivity contribution in [3.05, 3.63) is 70.0 Å². The number of Topliss-reactive ketones (excluding diaryl/α,β-unsaturated/α-hetero) is 1. The largest absolute Gasteiger partial charge is 0.339 e. The molecule has 0 saturated carbocycles. The fourth-order valence-corrected chi connectivity index (χ4v) is 5.34. The molecule has 1 fully saturated rings. The van der Waals surface area contributed by atoms with E-state index < -0.39 is 5.41 Å². The van der Waals surface area contributed by atoms with Crippen molar-refractivity contribution in [2.75, 3.05) is 18.8 Å². The van der Waals surface area contributed by atoms with Crippen LogP contribution in [0, 0.1) is 5.41 Å². The summed E-state index contributed by atoms with van der Waals surface area (Å²) in [6, 6.07) is 15.2. The summed E-state index contributed by atoms with van der Waals surface area (Å²) in [7, 11) is 0. The van der Waals surface area contributed by atoms with Gasteiger partial charge in [-0.25, -0.2) is 4.98 Å². The van der Waals surface area contributed by atoms with Crippen molar-refractivity contribution in [1.29, 1.82) is 0 Å². The summed E-state index contributed by atoms with van der Waals surface area (Å²) in [6.45, 7) is 7.68. The quantitative estimate of drug-likeness (QED) is 0.345. The summed E-state index contributed by atoms with van der Waals surface area (Å²) in [5.41, 5.74) is 1.57. The average Bonchev–Trinajstić information content (AvgIpc) is 2.86. The van der Waals surface area contributed by atoms with Crippen LogP contribution in [-0.4, -0.2) is 45.0 Å². The lowest BCUT2D eigenvalue weighted by Gasteiger charge is -2.26. The first-order valence-corrected chi connectivity index (χ1v) is 13.3. The number of amides is 1. The second-order valence-electron chi connectivity index (χ2n) is 10.1. The van der Waals surface area contributed by atoms with E-state index in [1.165, 1.54) is 11.8 Å². The Hall–Kier alpha value is -2.93. The minimum absolute atomic E-state index is 0.0150. The predicted molar refractivity (Wildman–Crippen MR) is 141 cm³/mol. The lowest BCUT2D eigenvalue weighted by molar-refractivity contribution is -0.123. The van der Waals surface area contributed by atoms with E-state index in [4.69, 9.17) is 4.98 Å². The number of rotatable bonds is 7. The molecule has 1 aromatic heterocycles. The van der Waals surface area contributed by atoms with Crippen molar-refractivity contribution < 1.29 is 9.59 Å². The van der Waals surface area contributed by atoms with Crippen LogP contribution in [0.5, 0.6) is 0 Å². The molecule has 0 radical (unpaired) electrons. The Morgan fingerprint density at radius 1 is 1.00 bits per heavy atom. The number of piperidine rings is 1. The number of nitrogens with zero attached hydrogens (tertiary/aromatic N) is 3. The molecule has 2 aromatic carbocycles. The molecule has 2 heterocycles. The molecule has 1 saturated heterocycles. The molecule has 3 aromatic rings. The van der Waals surface area contributed by atoms with Crippen LogP contribution < -0.4 is 5.56 Å². The summed E-state index contributed by atoms with van der Waals surface area (Å²) in [4.78, 5) is 45.8. The van der Waals surface area contributed by atoms with Crippen LogP contribution in [-0.2, 0) is 17.8 Å². The lowest BCUT2D eigenvalue weighted by atomic mass is 9.92. The zero-order valence-electron chi connectivity index (χ0n) is 20.8. The normalized spacial score (nSPS) is 14.3. The Morgan fingerprint density at radius 3 is 2.40 bits per heavy atom. The number of aromatic nitrogens is 2. The third-order valence-corrected chi connectivity index (χ3v) is 7.42. The molecule has 0 unspecified atom stereocenters. The molecule has 0 bridgehead atoms. The van der Waals surface area contributed by atoms with Crippen molar-refractivity contribution in [1.82, 2.24) is 14.5 Å². The van der Waals surface area contributed by atoms with Gasteiger partial charge >= 0.3 is 0 Å². The second kappa shape index (κ2) is 10.8. The van der Waals surface area contributed by atoms with Crippen molar-refractivity contribution in [3.63, 3.8) is 0 Å². The summed E-state index contributed by atoms with van der Waals surface area (Å²) < 4.78 is 1.67. The molecular weight excluding hydrogens is 458 g/mol. The molecule has 4 rings (SSSR count). The molecule has 1 aliphatic heterocycles. The standard InChI is InChI=1S/C28H33N3O3S/c1-28(2,3)24(32)19-35-27-29-23-18-21(25(33)30-15-8-5-9-16-30)12-13-22(23)26(34)31(27)17-14-20-10-6-4-7-11-20/h4,6-7,10-13,18H,5,8-9,14-17,19H2,1-3H3. The topological polar surface area (TPSA) is 72.3 Å². The highest BCUT2D eigenvalue weighted by Crippen LogP contribution is 2.24. The Balaban J connectivity index is 1.69. The van der Waals surface area contributed by atoms with Crippen molar-refractivity contribution in [2.24, 2.45) is 5.41 Å². The highest BCUT2D eigenvalue weighted by atomic mass is 32.2. The first kappa shape index (κ1) is 25.2. The van der Waals surface area contributed by atoms with Crippen LogP contribution in [0.4, 0.5) is 0 Å². The summed E-state index contributed by atoms with van der Waals surface area (Å²) in [5.74, 6) is 0.318. The molecule has 1 aliphatic rings. The number of thioether (sulfide) groups is 1. The first-order valence-electron chi connectivity index (χ1n) is 12.3. The number of fused-ring (bicyclic) bond motifs is 1. The summed E-state index contributed by atoms with van der Waals surface area (Å²) in [5, 5.41) is 0.998. The third kappa shape index (κ3) is 6.01. The maximum atomic E-state index is 13.5. The minimum Gasteiger partial charge on any atom is -0.339 e. The van der Waals surface area contributed by atoms with Gasteiger partial charge in [-0.1, -0.05) is 62.9 Å². The van der Waals surface area contributed by atoms with Crippen LogP contribution in [0.15, 0.2) is 58.5 Å². The molecule has 0 spiro atoms. The molecule has 184 valence electrons.